The monoisotopic (exact) mass is 438 g/mol. The van der Waals surface area contributed by atoms with Crippen molar-refractivity contribution >= 4 is 28.6 Å². The highest BCUT2D eigenvalue weighted by molar-refractivity contribution is 6.00. The molecule has 3 aliphatic rings. The fourth-order valence-electron chi connectivity index (χ4n) is 5.58. The van der Waals surface area contributed by atoms with Crippen molar-refractivity contribution in [1.29, 1.82) is 0 Å². The molecule has 2 aromatic rings. The van der Waals surface area contributed by atoms with Crippen LogP contribution in [-0.2, 0) is 9.59 Å². The minimum absolute atomic E-state index is 0.0176. The molecule has 8 heteroatoms. The first kappa shape index (κ1) is 21.0. The number of carbonyl (C=O) groups excluding carboxylic acids is 3. The molecule has 3 atom stereocenters. The van der Waals surface area contributed by atoms with Crippen LogP contribution in [0.25, 0.3) is 10.9 Å². The molecular weight excluding hydrogens is 408 g/mol. The zero-order valence-electron chi connectivity index (χ0n) is 18.1. The summed E-state index contributed by atoms with van der Waals surface area (Å²) in [7, 11) is 0. The van der Waals surface area contributed by atoms with Crippen molar-refractivity contribution in [2.24, 2.45) is 11.3 Å². The number of hydrogen-bond donors (Lipinski definition) is 4. The number of carbonyl (C=O) groups is 3. The molecule has 32 heavy (non-hydrogen) atoms. The average molecular weight is 439 g/mol. The van der Waals surface area contributed by atoms with Crippen molar-refractivity contribution in [1.82, 2.24) is 20.5 Å². The Bertz CT molecular complexity index is 1010. The number of aromatic nitrogens is 1. The Labute approximate surface area is 186 Å². The molecule has 1 saturated carbocycles. The number of aliphatic hydroxyl groups is 1. The molecule has 1 aromatic heterocycles. The number of para-hydroxylation sites is 1. The van der Waals surface area contributed by atoms with Gasteiger partial charge >= 0.3 is 0 Å². The normalized spacial score (nSPS) is 25.0. The molecule has 3 amide bonds. The van der Waals surface area contributed by atoms with Gasteiger partial charge in [0.1, 0.15) is 11.7 Å². The minimum Gasteiger partial charge on any atom is -0.394 e. The number of amides is 3. The Kier molecular flexibility index (Phi) is 5.41. The second kappa shape index (κ2) is 8.24. The summed E-state index contributed by atoms with van der Waals surface area (Å²) < 4.78 is 0. The zero-order valence-corrected chi connectivity index (χ0v) is 18.1. The first-order valence-electron chi connectivity index (χ1n) is 11.6. The number of benzene rings is 1. The lowest BCUT2D eigenvalue weighted by molar-refractivity contribution is -0.127. The van der Waals surface area contributed by atoms with E-state index in [9.17, 15) is 19.5 Å². The van der Waals surface area contributed by atoms with Crippen LogP contribution in [0.15, 0.2) is 30.3 Å². The van der Waals surface area contributed by atoms with E-state index in [2.05, 4.69) is 15.6 Å². The predicted octanol–water partition coefficient (Wildman–Crippen LogP) is 1.56. The summed E-state index contributed by atoms with van der Waals surface area (Å²) >= 11 is 0. The van der Waals surface area contributed by atoms with E-state index in [-0.39, 0.29) is 35.7 Å². The highest BCUT2D eigenvalue weighted by Gasteiger charge is 2.51. The summed E-state index contributed by atoms with van der Waals surface area (Å²) in [5.74, 6) is -0.628. The molecule has 3 heterocycles. The second-order valence-electron chi connectivity index (χ2n) is 9.68. The van der Waals surface area contributed by atoms with Gasteiger partial charge in [-0.25, -0.2) is 0 Å². The number of aromatic amines is 1. The van der Waals surface area contributed by atoms with Crippen LogP contribution in [0.2, 0.25) is 0 Å². The van der Waals surface area contributed by atoms with Gasteiger partial charge in [0.15, 0.2) is 0 Å². The third-order valence-corrected chi connectivity index (χ3v) is 7.55. The average Bonchev–Trinajstić information content (AvgIpc) is 3.49. The molecule has 0 bridgehead atoms. The van der Waals surface area contributed by atoms with Crippen LogP contribution >= 0.6 is 0 Å². The highest BCUT2D eigenvalue weighted by atomic mass is 16.3. The molecule has 170 valence electrons. The van der Waals surface area contributed by atoms with Crippen molar-refractivity contribution < 1.29 is 19.5 Å². The van der Waals surface area contributed by atoms with Gasteiger partial charge in [-0.1, -0.05) is 24.6 Å². The lowest BCUT2D eigenvalue weighted by atomic mass is 9.67. The fourth-order valence-corrected chi connectivity index (χ4v) is 5.58. The molecule has 0 radical (unpaired) electrons. The Morgan fingerprint density at radius 3 is 2.75 bits per heavy atom. The Hall–Kier alpha value is -2.87. The molecule has 8 nitrogen and oxygen atoms in total. The van der Waals surface area contributed by atoms with Crippen molar-refractivity contribution in [3.05, 3.63) is 36.0 Å². The molecule has 1 spiro atoms. The van der Waals surface area contributed by atoms with Gasteiger partial charge in [0.25, 0.3) is 5.91 Å². The first-order valence-corrected chi connectivity index (χ1v) is 11.6. The van der Waals surface area contributed by atoms with E-state index in [0.29, 0.717) is 38.0 Å². The number of H-pyrrole nitrogens is 1. The maximum Gasteiger partial charge on any atom is 0.271 e. The summed E-state index contributed by atoms with van der Waals surface area (Å²) in [6.07, 6.45) is 4.94. The molecule has 5 rings (SSSR count). The van der Waals surface area contributed by atoms with Gasteiger partial charge in [-0.2, -0.15) is 0 Å². The van der Waals surface area contributed by atoms with Gasteiger partial charge in [0, 0.05) is 29.9 Å². The Morgan fingerprint density at radius 2 is 2.09 bits per heavy atom. The van der Waals surface area contributed by atoms with Gasteiger partial charge in [0.05, 0.1) is 12.6 Å². The molecule has 2 aliphatic heterocycles. The lowest BCUT2D eigenvalue weighted by Gasteiger charge is -2.37. The first-order chi connectivity index (χ1) is 15.5. The van der Waals surface area contributed by atoms with E-state index in [0.717, 1.165) is 30.2 Å². The highest BCUT2D eigenvalue weighted by Crippen LogP contribution is 2.50. The molecule has 4 N–H and O–H groups in total. The van der Waals surface area contributed by atoms with Crippen LogP contribution in [0.4, 0.5) is 0 Å². The van der Waals surface area contributed by atoms with Crippen LogP contribution in [0.3, 0.4) is 0 Å². The number of hydrogen-bond acceptors (Lipinski definition) is 4. The third kappa shape index (κ3) is 3.77. The number of nitrogens with one attached hydrogen (secondary N) is 3. The maximum absolute atomic E-state index is 13.4. The van der Waals surface area contributed by atoms with Crippen molar-refractivity contribution in [3.63, 3.8) is 0 Å². The van der Waals surface area contributed by atoms with E-state index >= 15 is 0 Å². The van der Waals surface area contributed by atoms with E-state index < -0.39 is 12.1 Å². The predicted molar refractivity (Wildman–Crippen MR) is 119 cm³/mol. The second-order valence-corrected chi connectivity index (χ2v) is 9.68. The van der Waals surface area contributed by atoms with E-state index in [4.69, 9.17) is 0 Å². The summed E-state index contributed by atoms with van der Waals surface area (Å²) in [5, 5.41) is 16.5. The quantitative estimate of drug-likeness (QED) is 0.548. The molecule has 1 aromatic carbocycles. The zero-order chi connectivity index (χ0) is 22.3. The minimum atomic E-state index is -0.569. The van der Waals surface area contributed by atoms with E-state index in [1.807, 2.05) is 30.3 Å². The number of nitrogens with zero attached hydrogens (tertiary/aromatic N) is 1. The van der Waals surface area contributed by atoms with Crippen LogP contribution in [0.5, 0.6) is 0 Å². The summed E-state index contributed by atoms with van der Waals surface area (Å²) in [6, 6.07) is 8.50. The SMILES string of the molecule is O=C1NCC[C@H]1C[C@@H](CO)NC(=O)[C@@H]1CC2(CCC2)CN1C(=O)c1cc2ccccc2[nH]1. The molecular formula is C24H30N4O4. The van der Waals surface area contributed by atoms with Gasteiger partial charge in [0.2, 0.25) is 11.8 Å². The van der Waals surface area contributed by atoms with Gasteiger partial charge in [-0.3, -0.25) is 14.4 Å². The number of rotatable bonds is 6. The molecule has 1 aliphatic carbocycles. The summed E-state index contributed by atoms with van der Waals surface area (Å²) in [4.78, 5) is 43.5. The molecule has 3 fully saturated rings. The standard InChI is InChI=1S/C24H30N4O4/c29-13-17(10-16-6-9-25-21(16)30)26-22(31)20-12-24(7-3-8-24)14-28(20)23(32)19-11-15-4-1-2-5-18(15)27-19/h1-2,4-5,11,16-17,20,27,29H,3,6-10,12-14H2,(H,25,30)(H,26,31)/t16-,17-,20-/m0/s1. The molecule has 2 saturated heterocycles. The number of fused-ring (bicyclic) bond motifs is 1. The summed E-state index contributed by atoms with van der Waals surface area (Å²) in [5.41, 5.74) is 1.40. The summed E-state index contributed by atoms with van der Waals surface area (Å²) in [6.45, 7) is 0.977. The smallest absolute Gasteiger partial charge is 0.271 e. The van der Waals surface area contributed by atoms with E-state index in [1.54, 1.807) is 4.90 Å². The van der Waals surface area contributed by atoms with Gasteiger partial charge in [-0.15, -0.1) is 0 Å². The largest absolute Gasteiger partial charge is 0.394 e. The van der Waals surface area contributed by atoms with Gasteiger partial charge < -0.3 is 25.6 Å². The van der Waals surface area contributed by atoms with Crippen LogP contribution < -0.4 is 10.6 Å². The lowest BCUT2D eigenvalue weighted by Crippen LogP contribution is -2.50. The Morgan fingerprint density at radius 1 is 1.28 bits per heavy atom. The van der Waals surface area contributed by atoms with Crippen molar-refractivity contribution in [3.8, 4) is 0 Å². The molecule has 0 unspecified atom stereocenters. The van der Waals surface area contributed by atoms with Crippen LogP contribution in [0, 0.1) is 11.3 Å². The van der Waals surface area contributed by atoms with E-state index in [1.165, 1.54) is 0 Å². The van der Waals surface area contributed by atoms with Crippen LogP contribution in [-0.4, -0.2) is 64.5 Å². The van der Waals surface area contributed by atoms with Crippen LogP contribution in [0.1, 0.15) is 49.0 Å². The third-order valence-electron chi connectivity index (χ3n) is 7.55. The topological polar surface area (TPSA) is 115 Å². The van der Waals surface area contributed by atoms with Gasteiger partial charge in [-0.05, 0) is 49.7 Å². The fraction of sp³-hybridized carbons (Fsp3) is 0.542. The maximum atomic E-state index is 13.4. The number of likely N-dealkylation sites (tertiary alicyclic amines) is 1. The van der Waals surface area contributed by atoms with Crippen molar-refractivity contribution in [2.45, 2.75) is 50.6 Å². The Balaban J connectivity index is 1.33. The van der Waals surface area contributed by atoms with Crippen molar-refractivity contribution in [2.75, 3.05) is 19.7 Å². The number of aliphatic hydroxyl groups excluding tert-OH is 1.